The zero-order valence-corrected chi connectivity index (χ0v) is 12.8. The molecule has 2 amide bonds. The van der Waals surface area contributed by atoms with Crippen LogP contribution in [0.5, 0.6) is 0 Å². The summed E-state index contributed by atoms with van der Waals surface area (Å²) in [7, 11) is 0. The Morgan fingerprint density at radius 2 is 1.91 bits per heavy atom. The van der Waals surface area contributed by atoms with Gasteiger partial charge in [-0.2, -0.15) is 0 Å². The van der Waals surface area contributed by atoms with Crippen LogP contribution in [0.15, 0.2) is 24.3 Å². The molecular weight excluding hydrogens is 284 g/mol. The average Bonchev–Trinajstić information content (AvgIpc) is 2.89. The van der Waals surface area contributed by atoms with Gasteiger partial charge in [0.1, 0.15) is 0 Å². The van der Waals surface area contributed by atoms with Crippen LogP contribution < -0.4 is 5.32 Å². The van der Waals surface area contributed by atoms with Crippen molar-refractivity contribution < 1.29 is 19.5 Å². The normalized spacial score (nSPS) is 20.7. The summed E-state index contributed by atoms with van der Waals surface area (Å²) >= 11 is 0. The number of carbonyl (C=O) groups excluding carboxylic acids is 2. The lowest BCUT2D eigenvalue weighted by Gasteiger charge is -2.20. The lowest BCUT2D eigenvalue weighted by atomic mass is 9.90. The molecule has 1 aliphatic rings. The maximum atomic E-state index is 12.4. The average molecular weight is 304 g/mol. The fraction of sp³-hybridized carbons (Fsp3) is 0.438. The molecule has 6 heteroatoms. The summed E-state index contributed by atoms with van der Waals surface area (Å²) in [6.07, 6.45) is 0.467. The van der Waals surface area contributed by atoms with Crippen molar-refractivity contribution in [1.82, 2.24) is 10.2 Å². The van der Waals surface area contributed by atoms with Crippen LogP contribution in [0.4, 0.5) is 0 Å². The number of rotatable bonds is 4. The number of nitrogens with one attached hydrogen (secondary N) is 1. The quantitative estimate of drug-likeness (QED) is 0.876. The first-order valence-electron chi connectivity index (χ1n) is 7.18. The van der Waals surface area contributed by atoms with E-state index in [2.05, 4.69) is 5.32 Å². The zero-order chi connectivity index (χ0) is 16.3. The number of nitrogens with zero attached hydrogens (tertiary/aromatic N) is 1. The minimum Gasteiger partial charge on any atom is -0.481 e. The molecule has 0 radical (unpaired) electrons. The van der Waals surface area contributed by atoms with E-state index >= 15 is 0 Å². The van der Waals surface area contributed by atoms with Gasteiger partial charge in [0.2, 0.25) is 5.91 Å². The molecule has 0 bridgehead atoms. The first-order valence-corrected chi connectivity index (χ1v) is 7.18. The number of carbonyl (C=O) groups is 3. The van der Waals surface area contributed by atoms with E-state index < -0.39 is 11.4 Å². The number of likely N-dealkylation sites (tertiary alicyclic amines) is 1. The van der Waals surface area contributed by atoms with Gasteiger partial charge in [-0.1, -0.05) is 12.1 Å². The fourth-order valence-electron chi connectivity index (χ4n) is 2.48. The second-order valence-corrected chi connectivity index (χ2v) is 5.95. The van der Waals surface area contributed by atoms with Crippen LogP contribution in [0.3, 0.4) is 0 Å². The first kappa shape index (κ1) is 16.0. The number of benzene rings is 1. The summed E-state index contributed by atoms with van der Waals surface area (Å²) in [6, 6.07) is 6.98. The van der Waals surface area contributed by atoms with Crippen LogP contribution in [0, 0.1) is 5.41 Å². The maximum absolute atomic E-state index is 12.4. The van der Waals surface area contributed by atoms with E-state index in [-0.39, 0.29) is 18.4 Å². The second-order valence-electron chi connectivity index (χ2n) is 5.95. The van der Waals surface area contributed by atoms with Gasteiger partial charge in [-0.15, -0.1) is 0 Å². The maximum Gasteiger partial charge on any atom is 0.311 e. The molecule has 22 heavy (non-hydrogen) atoms. The summed E-state index contributed by atoms with van der Waals surface area (Å²) in [5.41, 5.74) is 0.575. The highest BCUT2D eigenvalue weighted by molar-refractivity contribution is 5.95. The highest BCUT2D eigenvalue weighted by Crippen LogP contribution is 2.31. The number of hydrogen-bond donors (Lipinski definition) is 2. The van der Waals surface area contributed by atoms with Gasteiger partial charge in [0.25, 0.3) is 5.91 Å². The van der Waals surface area contributed by atoms with Crippen molar-refractivity contribution in [3.05, 3.63) is 35.4 Å². The highest BCUT2D eigenvalue weighted by Gasteiger charge is 2.42. The molecule has 0 saturated carbocycles. The molecule has 2 N–H and O–H groups in total. The minimum atomic E-state index is -0.867. The molecule has 0 aliphatic carbocycles. The van der Waals surface area contributed by atoms with Crippen LogP contribution >= 0.6 is 0 Å². The summed E-state index contributed by atoms with van der Waals surface area (Å²) in [5, 5.41) is 11.9. The standard InChI is InChI=1S/C16H20N2O4/c1-11(19)17-9-12-3-5-13(6-4-12)14(20)18-8-7-16(2,10-18)15(21)22/h3-6H,7-10H2,1-2H3,(H,17,19)(H,21,22). The molecule has 1 fully saturated rings. The van der Waals surface area contributed by atoms with E-state index in [9.17, 15) is 19.5 Å². The molecule has 1 heterocycles. The molecule has 1 aromatic carbocycles. The van der Waals surface area contributed by atoms with E-state index in [0.717, 1.165) is 5.56 Å². The third kappa shape index (κ3) is 3.44. The summed E-state index contributed by atoms with van der Waals surface area (Å²) in [6.45, 7) is 4.22. The van der Waals surface area contributed by atoms with Crippen LogP contribution in [-0.4, -0.2) is 40.9 Å². The number of aliphatic carboxylic acids is 1. The Balaban J connectivity index is 2.02. The molecule has 1 saturated heterocycles. The van der Waals surface area contributed by atoms with Gasteiger partial charge < -0.3 is 15.3 Å². The smallest absolute Gasteiger partial charge is 0.311 e. The van der Waals surface area contributed by atoms with Gasteiger partial charge in [0, 0.05) is 32.1 Å². The summed E-state index contributed by atoms with van der Waals surface area (Å²) in [5.74, 6) is -1.13. The van der Waals surface area contributed by atoms with Crippen molar-refractivity contribution >= 4 is 17.8 Å². The number of carboxylic acids is 1. The Kier molecular flexibility index (Phi) is 4.49. The third-order valence-corrected chi connectivity index (χ3v) is 4.02. The molecule has 0 aromatic heterocycles. The van der Waals surface area contributed by atoms with Crippen molar-refractivity contribution in [2.24, 2.45) is 5.41 Å². The summed E-state index contributed by atoms with van der Waals surface area (Å²) < 4.78 is 0. The molecule has 1 atom stereocenters. The van der Waals surface area contributed by atoms with Crippen molar-refractivity contribution in [3.8, 4) is 0 Å². The lowest BCUT2D eigenvalue weighted by Crippen LogP contribution is -2.34. The van der Waals surface area contributed by atoms with Crippen LogP contribution in [0.1, 0.15) is 36.2 Å². The summed E-state index contributed by atoms with van der Waals surface area (Å²) in [4.78, 5) is 36.1. The van der Waals surface area contributed by atoms with Gasteiger partial charge in [-0.05, 0) is 31.0 Å². The fourth-order valence-corrected chi connectivity index (χ4v) is 2.48. The lowest BCUT2D eigenvalue weighted by molar-refractivity contribution is -0.147. The molecular formula is C16H20N2O4. The zero-order valence-electron chi connectivity index (χ0n) is 12.8. The predicted octanol–water partition coefficient (Wildman–Crippen LogP) is 1.26. The van der Waals surface area contributed by atoms with Gasteiger partial charge in [0.05, 0.1) is 5.41 Å². The molecule has 0 spiro atoms. The molecule has 6 nitrogen and oxygen atoms in total. The SMILES string of the molecule is CC(=O)NCc1ccc(C(=O)N2CCC(C)(C(=O)O)C2)cc1. The van der Waals surface area contributed by atoms with Crippen LogP contribution in [0.25, 0.3) is 0 Å². The number of amides is 2. The Labute approximate surface area is 129 Å². The van der Waals surface area contributed by atoms with E-state index in [0.29, 0.717) is 25.1 Å². The van der Waals surface area contributed by atoms with Crippen molar-refractivity contribution in [3.63, 3.8) is 0 Å². The minimum absolute atomic E-state index is 0.106. The monoisotopic (exact) mass is 304 g/mol. The van der Waals surface area contributed by atoms with Gasteiger partial charge >= 0.3 is 5.97 Å². The van der Waals surface area contributed by atoms with Gasteiger partial charge in [0.15, 0.2) is 0 Å². The van der Waals surface area contributed by atoms with Gasteiger partial charge in [-0.25, -0.2) is 0 Å². The number of carboxylic acid groups (broad SMARTS) is 1. The third-order valence-electron chi connectivity index (χ3n) is 4.02. The van der Waals surface area contributed by atoms with Gasteiger partial charge in [-0.3, -0.25) is 14.4 Å². The van der Waals surface area contributed by atoms with E-state index in [1.807, 2.05) is 0 Å². The predicted molar refractivity (Wildman–Crippen MR) is 80.2 cm³/mol. The molecule has 1 aliphatic heterocycles. The van der Waals surface area contributed by atoms with E-state index in [1.54, 1.807) is 36.1 Å². The van der Waals surface area contributed by atoms with E-state index in [1.165, 1.54) is 6.92 Å². The number of hydrogen-bond acceptors (Lipinski definition) is 3. The van der Waals surface area contributed by atoms with Crippen molar-refractivity contribution in [2.75, 3.05) is 13.1 Å². The Bertz CT molecular complexity index is 597. The van der Waals surface area contributed by atoms with Crippen LogP contribution in [0.2, 0.25) is 0 Å². The Hall–Kier alpha value is -2.37. The second kappa shape index (κ2) is 6.17. The Morgan fingerprint density at radius 3 is 2.41 bits per heavy atom. The highest BCUT2D eigenvalue weighted by atomic mass is 16.4. The molecule has 1 unspecified atom stereocenters. The largest absolute Gasteiger partial charge is 0.481 e. The molecule has 1 aromatic rings. The Morgan fingerprint density at radius 1 is 1.27 bits per heavy atom. The van der Waals surface area contributed by atoms with E-state index in [4.69, 9.17) is 0 Å². The topological polar surface area (TPSA) is 86.7 Å². The first-order chi connectivity index (χ1) is 10.3. The molecule has 2 rings (SSSR count). The molecule has 118 valence electrons. The van der Waals surface area contributed by atoms with Crippen LogP contribution in [-0.2, 0) is 16.1 Å². The van der Waals surface area contributed by atoms with Crippen molar-refractivity contribution in [2.45, 2.75) is 26.8 Å². The van der Waals surface area contributed by atoms with Crippen molar-refractivity contribution in [1.29, 1.82) is 0 Å².